The first-order chi connectivity index (χ1) is 8.70. The Labute approximate surface area is 118 Å². The number of thiophene rings is 1. The van der Waals surface area contributed by atoms with Gasteiger partial charge < -0.3 is 5.32 Å². The predicted octanol–water partition coefficient (Wildman–Crippen LogP) is 1.95. The molecule has 1 aromatic heterocycles. The van der Waals surface area contributed by atoms with Gasteiger partial charge in [-0.25, -0.2) is 13.6 Å². The molecule has 0 aliphatic heterocycles. The fourth-order valence-corrected chi connectivity index (χ4v) is 3.13. The summed E-state index contributed by atoms with van der Waals surface area (Å²) in [6.45, 7) is 6.20. The van der Waals surface area contributed by atoms with Crippen LogP contribution in [0.1, 0.15) is 44.0 Å². The van der Waals surface area contributed by atoms with E-state index in [0.29, 0.717) is 11.5 Å². The van der Waals surface area contributed by atoms with E-state index in [1.807, 2.05) is 6.92 Å². The van der Waals surface area contributed by atoms with E-state index in [-0.39, 0.29) is 16.2 Å². The molecule has 0 radical (unpaired) electrons. The first-order valence-electron chi connectivity index (χ1n) is 6.12. The van der Waals surface area contributed by atoms with E-state index in [1.165, 1.54) is 11.4 Å². The van der Waals surface area contributed by atoms with Gasteiger partial charge in [0.1, 0.15) is 4.21 Å². The topological polar surface area (TPSA) is 89.3 Å². The van der Waals surface area contributed by atoms with Crippen molar-refractivity contribution in [3.8, 4) is 0 Å². The number of sulfonamides is 1. The summed E-state index contributed by atoms with van der Waals surface area (Å²) in [5, 5.41) is 9.36. The van der Waals surface area contributed by atoms with Crippen LogP contribution in [0.25, 0.3) is 0 Å². The molecule has 1 unspecified atom stereocenters. The minimum Gasteiger partial charge on any atom is -0.350 e. The largest absolute Gasteiger partial charge is 0.350 e. The molecule has 0 fully saturated rings. The molecule has 1 amide bonds. The van der Waals surface area contributed by atoms with Crippen molar-refractivity contribution in [1.29, 1.82) is 0 Å². The SMILES string of the molecule is CC(C)CCC(C)NC(=O)c1csc(S(N)(=O)=O)c1. The summed E-state index contributed by atoms with van der Waals surface area (Å²) in [5.41, 5.74) is 0.338. The predicted molar refractivity (Wildman–Crippen MR) is 76.7 cm³/mol. The lowest BCUT2D eigenvalue weighted by Crippen LogP contribution is -2.32. The molecular weight excluding hydrogens is 284 g/mol. The van der Waals surface area contributed by atoms with Crippen LogP contribution in [0.4, 0.5) is 0 Å². The second-order valence-electron chi connectivity index (χ2n) is 5.05. The molecule has 0 saturated carbocycles. The molecule has 0 bridgehead atoms. The van der Waals surface area contributed by atoms with E-state index in [9.17, 15) is 13.2 Å². The summed E-state index contributed by atoms with van der Waals surface area (Å²) in [5.74, 6) is 0.330. The maximum atomic E-state index is 11.9. The second-order valence-corrected chi connectivity index (χ2v) is 7.74. The molecule has 1 rings (SSSR count). The highest BCUT2D eigenvalue weighted by molar-refractivity contribution is 7.91. The van der Waals surface area contributed by atoms with Crippen molar-refractivity contribution < 1.29 is 13.2 Å². The first kappa shape index (κ1) is 16.1. The Morgan fingerprint density at radius 1 is 1.37 bits per heavy atom. The number of nitrogens with two attached hydrogens (primary N) is 1. The third-order valence-electron chi connectivity index (χ3n) is 2.67. The summed E-state index contributed by atoms with van der Waals surface area (Å²) >= 11 is 0.956. The van der Waals surface area contributed by atoms with Crippen LogP contribution in [-0.4, -0.2) is 20.4 Å². The van der Waals surface area contributed by atoms with E-state index in [4.69, 9.17) is 5.14 Å². The fourth-order valence-electron chi connectivity index (χ4n) is 1.55. The Kier molecular flexibility index (Phi) is 5.51. The molecule has 0 saturated heterocycles. The fraction of sp³-hybridized carbons (Fsp3) is 0.583. The number of carbonyl (C=O) groups is 1. The minimum atomic E-state index is -3.73. The molecule has 1 aromatic rings. The number of primary sulfonamides is 1. The molecule has 0 aliphatic rings. The van der Waals surface area contributed by atoms with Gasteiger partial charge >= 0.3 is 0 Å². The number of nitrogens with one attached hydrogen (secondary N) is 1. The van der Waals surface area contributed by atoms with Gasteiger partial charge in [-0.3, -0.25) is 4.79 Å². The minimum absolute atomic E-state index is 0.00693. The highest BCUT2D eigenvalue weighted by Gasteiger charge is 2.16. The molecule has 0 aromatic carbocycles. The van der Waals surface area contributed by atoms with Gasteiger partial charge in [-0.1, -0.05) is 13.8 Å². The molecule has 3 N–H and O–H groups in total. The van der Waals surface area contributed by atoms with Crippen LogP contribution in [-0.2, 0) is 10.0 Å². The molecule has 1 heterocycles. The Hall–Kier alpha value is -0.920. The van der Waals surface area contributed by atoms with E-state index in [1.54, 1.807) is 0 Å². The molecule has 108 valence electrons. The van der Waals surface area contributed by atoms with Gasteiger partial charge in [-0.15, -0.1) is 11.3 Å². The van der Waals surface area contributed by atoms with E-state index in [2.05, 4.69) is 19.2 Å². The molecule has 1 atom stereocenters. The molecular formula is C12H20N2O3S2. The Balaban J connectivity index is 2.61. The lowest BCUT2D eigenvalue weighted by atomic mass is 10.0. The Bertz CT molecular complexity index is 535. The quantitative estimate of drug-likeness (QED) is 0.841. The average molecular weight is 304 g/mol. The maximum absolute atomic E-state index is 11.9. The van der Waals surface area contributed by atoms with Crippen LogP contribution in [0.3, 0.4) is 0 Å². The molecule has 0 aliphatic carbocycles. The van der Waals surface area contributed by atoms with Crippen LogP contribution in [0.2, 0.25) is 0 Å². The first-order valence-corrected chi connectivity index (χ1v) is 8.55. The van der Waals surface area contributed by atoms with Gasteiger partial charge in [0.05, 0.1) is 5.56 Å². The standard InChI is InChI=1S/C12H20N2O3S2/c1-8(2)4-5-9(3)14-12(15)10-6-11(18-7-10)19(13,16)17/h6-9H,4-5H2,1-3H3,(H,14,15)(H2,13,16,17). The highest BCUT2D eigenvalue weighted by atomic mass is 32.2. The van der Waals surface area contributed by atoms with Gasteiger partial charge in [0.2, 0.25) is 10.0 Å². The zero-order valence-corrected chi connectivity index (χ0v) is 13.0. The van der Waals surface area contributed by atoms with E-state index in [0.717, 1.165) is 24.2 Å². The maximum Gasteiger partial charge on any atom is 0.252 e. The van der Waals surface area contributed by atoms with Crippen molar-refractivity contribution in [2.45, 2.75) is 43.9 Å². The zero-order valence-electron chi connectivity index (χ0n) is 11.3. The van der Waals surface area contributed by atoms with Crippen LogP contribution >= 0.6 is 11.3 Å². The number of hydrogen-bond acceptors (Lipinski definition) is 4. The van der Waals surface area contributed by atoms with Gasteiger partial charge in [0.15, 0.2) is 0 Å². The molecule has 19 heavy (non-hydrogen) atoms. The number of carbonyl (C=O) groups excluding carboxylic acids is 1. The van der Waals surface area contributed by atoms with Gasteiger partial charge in [-0.2, -0.15) is 0 Å². The highest BCUT2D eigenvalue weighted by Crippen LogP contribution is 2.19. The van der Waals surface area contributed by atoms with Gasteiger partial charge in [0, 0.05) is 11.4 Å². The number of rotatable bonds is 6. The van der Waals surface area contributed by atoms with E-state index < -0.39 is 10.0 Å². The van der Waals surface area contributed by atoms with Crippen molar-refractivity contribution in [2.24, 2.45) is 11.1 Å². The van der Waals surface area contributed by atoms with Crippen LogP contribution < -0.4 is 10.5 Å². The summed E-state index contributed by atoms with van der Waals surface area (Å²) in [6.07, 6.45) is 1.93. The average Bonchev–Trinajstić information content (AvgIpc) is 2.75. The lowest BCUT2D eigenvalue weighted by Gasteiger charge is -2.14. The van der Waals surface area contributed by atoms with Crippen molar-refractivity contribution in [2.75, 3.05) is 0 Å². The Morgan fingerprint density at radius 2 is 2.00 bits per heavy atom. The number of amides is 1. The van der Waals surface area contributed by atoms with Crippen LogP contribution in [0, 0.1) is 5.92 Å². The van der Waals surface area contributed by atoms with Crippen molar-refractivity contribution >= 4 is 27.3 Å². The van der Waals surface area contributed by atoms with Crippen molar-refractivity contribution in [1.82, 2.24) is 5.32 Å². The van der Waals surface area contributed by atoms with Crippen LogP contribution in [0.15, 0.2) is 15.7 Å². The monoisotopic (exact) mass is 304 g/mol. The second kappa shape index (κ2) is 6.49. The normalized spacial score (nSPS) is 13.5. The zero-order chi connectivity index (χ0) is 14.6. The third kappa shape index (κ3) is 5.30. The molecule has 7 heteroatoms. The Morgan fingerprint density at radius 3 is 2.47 bits per heavy atom. The van der Waals surface area contributed by atoms with Crippen molar-refractivity contribution in [3.05, 3.63) is 17.0 Å². The van der Waals surface area contributed by atoms with Gasteiger partial charge in [0.25, 0.3) is 5.91 Å². The summed E-state index contributed by atoms with van der Waals surface area (Å²) in [7, 11) is -3.73. The van der Waals surface area contributed by atoms with Crippen LogP contribution in [0.5, 0.6) is 0 Å². The summed E-state index contributed by atoms with van der Waals surface area (Å²) in [4.78, 5) is 11.9. The molecule has 0 spiro atoms. The third-order valence-corrected chi connectivity index (χ3v) is 5.06. The molecule has 5 nitrogen and oxygen atoms in total. The summed E-state index contributed by atoms with van der Waals surface area (Å²) in [6, 6.07) is 1.37. The summed E-state index contributed by atoms with van der Waals surface area (Å²) < 4.78 is 22.3. The number of hydrogen-bond donors (Lipinski definition) is 2. The van der Waals surface area contributed by atoms with Crippen molar-refractivity contribution in [3.63, 3.8) is 0 Å². The smallest absolute Gasteiger partial charge is 0.252 e. The van der Waals surface area contributed by atoms with E-state index >= 15 is 0 Å². The lowest BCUT2D eigenvalue weighted by molar-refractivity contribution is 0.0937. The van der Waals surface area contributed by atoms with Gasteiger partial charge in [-0.05, 0) is 31.7 Å².